The molecule has 1 fully saturated rings. The lowest BCUT2D eigenvalue weighted by atomic mass is 10.2. The Morgan fingerprint density at radius 2 is 2.09 bits per heavy atom. The van der Waals surface area contributed by atoms with Gasteiger partial charge in [0.2, 0.25) is 0 Å². The van der Waals surface area contributed by atoms with Crippen molar-refractivity contribution in [3.63, 3.8) is 0 Å². The Kier molecular flexibility index (Phi) is 5.83. The highest BCUT2D eigenvalue weighted by atomic mass is 16.5. The van der Waals surface area contributed by atoms with E-state index in [4.69, 9.17) is 14.2 Å². The highest BCUT2D eigenvalue weighted by Gasteiger charge is 2.15. The Morgan fingerprint density at radius 1 is 1.35 bits per heavy atom. The van der Waals surface area contributed by atoms with Gasteiger partial charge in [-0.1, -0.05) is 0 Å². The van der Waals surface area contributed by atoms with Crippen LogP contribution in [0.3, 0.4) is 0 Å². The minimum Gasteiger partial charge on any atom is -0.497 e. The van der Waals surface area contributed by atoms with Crippen LogP contribution in [0.5, 0.6) is 11.5 Å². The maximum absolute atomic E-state index is 12.3. The van der Waals surface area contributed by atoms with Gasteiger partial charge in [-0.25, -0.2) is 0 Å². The Balaban J connectivity index is 2.16. The van der Waals surface area contributed by atoms with E-state index in [0.29, 0.717) is 43.5 Å². The van der Waals surface area contributed by atoms with E-state index < -0.39 is 5.91 Å². The minimum absolute atomic E-state index is 0.0248. The fraction of sp³-hybridized carbons (Fsp3) is 0.375. The monoisotopic (exact) mass is 317 g/mol. The number of nitrogens with one attached hydrogen (secondary N) is 1. The molecule has 1 aromatic carbocycles. The van der Waals surface area contributed by atoms with Gasteiger partial charge in [0, 0.05) is 25.4 Å². The first kappa shape index (κ1) is 16.6. The summed E-state index contributed by atoms with van der Waals surface area (Å²) in [6, 6.07) is 6.98. The Bertz CT molecular complexity index is 631. The van der Waals surface area contributed by atoms with Crippen LogP contribution in [0.4, 0.5) is 5.69 Å². The van der Waals surface area contributed by atoms with E-state index in [-0.39, 0.29) is 5.57 Å². The molecule has 1 aromatic rings. The summed E-state index contributed by atoms with van der Waals surface area (Å²) in [4.78, 5) is 14.2. The molecular weight excluding hydrogens is 298 g/mol. The summed E-state index contributed by atoms with van der Waals surface area (Å²) in [6.07, 6.45) is 1.56. The first-order valence-electron chi connectivity index (χ1n) is 7.15. The molecule has 2 rings (SSSR count). The first-order chi connectivity index (χ1) is 11.2. The van der Waals surface area contributed by atoms with Crippen LogP contribution in [-0.2, 0) is 9.53 Å². The van der Waals surface area contributed by atoms with Crippen LogP contribution >= 0.6 is 0 Å². The van der Waals surface area contributed by atoms with Crippen molar-refractivity contribution in [2.75, 3.05) is 45.8 Å². The molecule has 1 aliphatic heterocycles. The molecule has 1 amide bonds. The molecule has 0 bridgehead atoms. The first-order valence-corrected chi connectivity index (χ1v) is 7.15. The minimum atomic E-state index is -0.495. The van der Waals surface area contributed by atoms with Crippen molar-refractivity contribution in [2.24, 2.45) is 0 Å². The Morgan fingerprint density at radius 3 is 2.70 bits per heavy atom. The van der Waals surface area contributed by atoms with Gasteiger partial charge in [0.25, 0.3) is 5.91 Å². The molecule has 1 N–H and O–H groups in total. The highest BCUT2D eigenvalue weighted by Crippen LogP contribution is 2.29. The van der Waals surface area contributed by atoms with Gasteiger partial charge in [-0.2, -0.15) is 5.26 Å². The zero-order chi connectivity index (χ0) is 16.7. The summed E-state index contributed by atoms with van der Waals surface area (Å²) in [5.74, 6) is 0.574. The topological polar surface area (TPSA) is 83.8 Å². The third-order valence-electron chi connectivity index (χ3n) is 3.38. The molecule has 0 saturated carbocycles. The number of methoxy groups -OCH3 is 2. The summed E-state index contributed by atoms with van der Waals surface area (Å²) in [7, 11) is 3.04. The lowest BCUT2D eigenvalue weighted by molar-refractivity contribution is -0.112. The number of amides is 1. The SMILES string of the molecule is COc1ccc(OC)c(NC(=O)/C(C#N)=C\N2CCOCC2)c1. The van der Waals surface area contributed by atoms with E-state index in [2.05, 4.69) is 5.32 Å². The number of hydrogen-bond acceptors (Lipinski definition) is 6. The largest absolute Gasteiger partial charge is 0.497 e. The third-order valence-corrected chi connectivity index (χ3v) is 3.38. The normalized spacial score (nSPS) is 14.8. The summed E-state index contributed by atoms with van der Waals surface area (Å²) in [5.41, 5.74) is 0.469. The smallest absolute Gasteiger partial charge is 0.267 e. The van der Waals surface area contributed by atoms with Crippen LogP contribution in [0.2, 0.25) is 0 Å². The van der Waals surface area contributed by atoms with E-state index in [9.17, 15) is 10.1 Å². The Labute approximate surface area is 135 Å². The van der Waals surface area contributed by atoms with Gasteiger partial charge in [-0.05, 0) is 12.1 Å². The standard InChI is InChI=1S/C16H19N3O4/c1-21-13-3-4-15(22-2)14(9-13)18-16(20)12(10-17)11-19-5-7-23-8-6-19/h3-4,9,11H,5-8H2,1-2H3,(H,18,20)/b12-11-. The summed E-state index contributed by atoms with van der Waals surface area (Å²) in [5, 5.41) is 11.9. The van der Waals surface area contributed by atoms with Crippen LogP contribution in [0.25, 0.3) is 0 Å². The fourth-order valence-electron chi connectivity index (χ4n) is 2.13. The molecule has 1 saturated heterocycles. The van der Waals surface area contributed by atoms with Crippen LogP contribution in [0.15, 0.2) is 30.0 Å². The van der Waals surface area contributed by atoms with Crippen molar-refractivity contribution >= 4 is 11.6 Å². The van der Waals surface area contributed by atoms with Crippen molar-refractivity contribution in [1.82, 2.24) is 4.90 Å². The van der Waals surface area contributed by atoms with Gasteiger partial charge in [-0.3, -0.25) is 4.79 Å². The number of carbonyl (C=O) groups is 1. The second-order valence-corrected chi connectivity index (χ2v) is 4.82. The molecule has 0 unspecified atom stereocenters. The number of carbonyl (C=O) groups excluding carboxylic acids is 1. The number of morpholine rings is 1. The highest BCUT2D eigenvalue weighted by molar-refractivity contribution is 6.07. The molecule has 0 radical (unpaired) electrons. The summed E-state index contributed by atoms with van der Waals surface area (Å²) < 4.78 is 15.6. The van der Waals surface area contributed by atoms with Crippen LogP contribution in [0, 0.1) is 11.3 Å². The number of benzene rings is 1. The molecular formula is C16H19N3O4. The van der Waals surface area contributed by atoms with E-state index in [1.165, 1.54) is 14.2 Å². The number of nitriles is 1. The van der Waals surface area contributed by atoms with E-state index >= 15 is 0 Å². The molecule has 7 heteroatoms. The molecule has 7 nitrogen and oxygen atoms in total. The maximum Gasteiger partial charge on any atom is 0.267 e. The lowest BCUT2D eigenvalue weighted by Gasteiger charge is -2.25. The van der Waals surface area contributed by atoms with Gasteiger partial charge in [-0.15, -0.1) is 0 Å². The average molecular weight is 317 g/mol. The molecule has 23 heavy (non-hydrogen) atoms. The van der Waals surface area contributed by atoms with E-state index in [1.807, 2.05) is 11.0 Å². The molecule has 0 atom stereocenters. The second-order valence-electron chi connectivity index (χ2n) is 4.82. The molecule has 122 valence electrons. The fourth-order valence-corrected chi connectivity index (χ4v) is 2.13. The van der Waals surface area contributed by atoms with Crippen molar-refractivity contribution in [3.8, 4) is 17.6 Å². The molecule has 1 aliphatic rings. The average Bonchev–Trinajstić information content (AvgIpc) is 2.60. The van der Waals surface area contributed by atoms with Crippen LogP contribution in [-0.4, -0.2) is 51.3 Å². The van der Waals surface area contributed by atoms with E-state index in [1.54, 1.807) is 24.4 Å². The zero-order valence-electron chi connectivity index (χ0n) is 13.2. The third kappa shape index (κ3) is 4.37. The zero-order valence-corrected chi connectivity index (χ0v) is 13.2. The molecule has 1 heterocycles. The summed E-state index contributed by atoms with van der Waals surface area (Å²) >= 11 is 0. The lowest BCUT2D eigenvalue weighted by Crippen LogP contribution is -2.33. The van der Waals surface area contributed by atoms with E-state index in [0.717, 1.165) is 0 Å². The Hall–Kier alpha value is -2.72. The van der Waals surface area contributed by atoms with Crippen molar-refractivity contribution in [2.45, 2.75) is 0 Å². The number of nitrogens with zero attached hydrogens (tertiary/aromatic N) is 2. The quantitative estimate of drug-likeness (QED) is 0.652. The number of rotatable bonds is 5. The number of hydrogen-bond donors (Lipinski definition) is 1. The van der Waals surface area contributed by atoms with Crippen LogP contribution in [0.1, 0.15) is 0 Å². The second kappa shape index (κ2) is 8.06. The predicted molar refractivity (Wildman–Crippen MR) is 84.3 cm³/mol. The van der Waals surface area contributed by atoms with Crippen LogP contribution < -0.4 is 14.8 Å². The number of anilines is 1. The predicted octanol–water partition coefficient (Wildman–Crippen LogP) is 1.38. The summed E-state index contributed by atoms with van der Waals surface area (Å²) in [6.45, 7) is 2.48. The van der Waals surface area contributed by atoms with Gasteiger partial charge in [0.05, 0.1) is 33.1 Å². The van der Waals surface area contributed by atoms with Crippen molar-refractivity contribution in [1.29, 1.82) is 5.26 Å². The van der Waals surface area contributed by atoms with Gasteiger partial charge in [0.1, 0.15) is 23.1 Å². The van der Waals surface area contributed by atoms with Gasteiger partial charge < -0.3 is 24.4 Å². The van der Waals surface area contributed by atoms with Crippen molar-refractivity contribution in [3.05, 3.63) is 30.0 Å². The molecule has 0 aromatic heterocycles. The molecule has 0 aliphatic carbocycles. The maximum atomic E-state index is 12.3. The van der Waals surface area contributed by atoms with Gasteiger partial charge in [0.15, 0.2) is 0 Å². The van der Waals surface area contributed by atoms with Gasteiger partial charge >= 0.3 is 0 Å². The van der Waals surface area contributed by atoms with Crippen molar-refractivity contribution < 1.29 is 19.0 Å². The molecule has 0 spiro atoms. The number of ether oxygens (including phenoxy) is 3.